The lowest BCUT2D eigenvalue weighted by molar-refractivity contribution is 0.453. The fourth-order valence-electron chi connectivity index (χ4n) is 2.75. The number of hydrogen-bond acceptors (Lipinski definition) is 4. The van der Waals surface area contributed by atoms with Gasteiger partial charge in [0, 0.05) is 29.7 Å². The first-order valence-electron chi connectivity index (χ1n) is 6.85. The summed E-state index contributed by atoms with van der Waals surface area (Å²) in [5.74, 6) is 1.23. The van der Waals surface area contributed by atoms with Crippen molar-refractivity contribution in [2.24, 2.45) is 0 Å². The van der Waals surface area contributed by atoms with Crippen molar-refractivity contribution in [3.8, 4) is 0 Å². The molecule has 4 heteroatoms. The number of hydrogen-bond donors (Lipinski definition) is 1. The summed E-state index contributed by atoms with van der Waals surface area (Å²) < 4.78 is 0. The van der Waals surface area contributed by atoms with E-state index in [1.807, 2.05) is 6.92 Å². The van der Waals surface area contributed by atoms with Crippen LogP contribution in [-0.4, -0.2) is 27.0 Å². The lowest BCUT2D eigenvalue weighted by Crippen LogP contribution is -2.30. The van der Waals surface area contributed by atoms with Crippen LogP contribution in [0.3, 0.4) is 0 Å². The minimum absolute atomic E-state index is 0.300. The Morgan fingerprint density at radius 1 is 1.39 bits per heavy atom. The molecular weight excluding hydrogens is 242 g/mol. The van der Waals surface area contributed by atoms with Crippen molar-refractivity contribution in [3.63, 3.8) is 0 Å². The minimum Gasteiger partial charge on any atom is -0.306 e. The Hall–Kier alpha value is -0.610. The maximum absolute atomic E-state index is 4.45. The molecule has 0 saturated heterocycles. The standard InChI is InChI=1S/C14H23N3S/c1-4-18-13-6-5-12(9-13)17-11(3)14-10(2)15-7-8-16-14/h7-8,11-13,17H,4-6,9H2,1-3H3. The van der Waals surface area contributed by atoms with E-state index in [9.17, 15) is 0 Å². The van der Waals surface area contributed by atoms with Gasteiger partial charge in [-0.1, -0.05) is 6.92 Å². The summed E-state index contributed by atoms with van der Waals surface area (Å²) in [5, 5.41) is 4.56. The van der Waals surface area contributed by atoms with E-state index in [-0.39, 0.29) is 0 Å². The van der Waals surface area contributed by atoms with Crippen molar-refractivity contribution in [3.05, 3.63) is 23.8 Å². The zero-order chi connectivity index (χ0) is 13.0. The first kappa shape index (κ1) is 13.8. The molecule has 1 aromatic heterocycles. The van der Waals surface area contributed by atoms with E-state index in [2.05, 4.69) is 40.9 Å². The van der Waals surface area contributed by atoms with Crippen LogP contribution >= 0.6 is 11.8 Å². The van der Waals surface area contributed by atoms with E-state index >= 15 is 0 Å². The van der Waals surface area contributed by atoms with Gasteiger partial charge in [0.1, 0.15) is 0 Å². The third-order valence-corrected chi connectivity index (χ3v) is 4.83. The molecular formula is C14H23N3S. The molecule has 0 radical (unpaired) electrons. The molecule has 1 aliphatic rings. The predicted molar refractivity (Wildman–Crippen MR) is 77.9 cm³/mol. The molecule has 3 nitrogen and oxygen atoms in total. The van der Waals surface area contributed by atoms with Gasteiger partial charge in [-0.05, 0) is 38.9 Å². The topological polar surface area (TPSA) is 37.8 Å². The van der Waals surface area contributed by atoms with Crippen LogP contribution < -0.4 is 5.32 Å². The molecule has 0 amide bonds. The van der Waals surface area contributed by atoms with Crippen LogP contribution in [-0.2, 0) is 0 Å². The van der Waals surface area contributed by atoms with Crippen LogP contribution in [0.15, 0.2) is 12.4 Å². The summed E-state index contributed by atoms with van der Waals surface area (Å²) in [6.45, 7) is 6.47. The second-order valence-corrected chi connectivity index (χ2v) is 6.58. The molecule has 1 heterocycles. The number of nitrogens with zero attached hydrogens (tertiary/aromatic N) is 2. The highest BCUT2D eigenvalue weighted by Crippen LogP contribution is 2.30. The number of nitrogens with one attached hydrogen (secondary N) is 1. The summed E-state index contributed by atoms with van der Waals surface area (Å²) in [6.07, 6.45) is 7.48. The number of aryl methyl sites for hydroxylation is 1. The molecule has 2 rings (SSSR count). The molecule has 0 aromatic carbocycles. The molecule has 100 valence electrons. The van der Waals surface area contributed by atoms with Crippen molar-refractivity contribution in [1.82, 2.24) is 15.3 Å². The highest BCUT2D eigenvalue weighted by atomic mass is 32.2. The van der Waals surface area contributed by atoms with Gasteiger partial charge in [0.05, 0.1) is 11.4 Å². The molecule has 1 aliphatic carbocycles. The van der Waals surface area contributed by atoms with Gasteiger partial charge in [-0.2, -0.15) is 11.8 Å². The second kappa shape index (κ2) is 6.53. The summed E-state index contributed by atoms with van der Waals surface area (Å²) in [4.78, 5) is 8.76. The average Bonchev–Trinajstić information content (AvgIpc) is 2.77. The molecule has 0 bridgehead atoms. The predicted octanol–water partition coefficient (Wildman–Crippen LogP) is 3.11. The monoisotopic (exact) mass is 265 g/mol. The Bertz CT molecular complexity index is 383. The summed E-state index contributed by atoms with van der Waals surface area (Å²) in [6, 6.07) is 0.944. The maximum Gasteiger partial charge on any atom is 0.0782 e. The highest BCUT2D eigenvalue weighted by molar-refractivity contribution is 7.99. The maximum atomic E-state index is 4.45. The molecule has 1 saturated carbocycles. The number of aromatic nitrogens is 2. The molecule has 3 atom stereocenters. The van der Waals surface area contributed by atoms with Gasteiger partial charge in [-0.25, -0.2) is 0 Å². The Kier molecular flexibility index (Phi) is 5.01. The fourth-order valence-corrected chi connectivity index (χ4v) is 3.90. The third kappa shape index (κ3) is 3.45. The molecule has 3 unspecified atom stereocenters. The van der Waals surface area contributed by atoms with Crippen LogP contribution in [0.5, 0.6) is 0 Å². The Labute approximate surface area is 114 Å². The quantitative estimate of drug-likeness (QED) is 0.887. The van der Waals surface area contributed by atoms with Crippen molar-refractivity contribution < 1.29 is 0 Å². The van der Waals surface area contributed by atoms with E-state index in [0.717, 1.165) is 16.6 Å². The molecule has 1 N–H and O–H groups in total. The first-order valence-corrected chi connectivity index (χ1v) is 7.90. The van der Waals surface area contributed by atoms with E-state index in [0.29, 0.717) is 12.1 Å². The van der Waals surface area contributed by atoms with Crippen molar-refractivity contribution in [1.29, 1.82) is 0 Å². The van der Waals surface area contributed by atoms with E-state index in [1.165, 1.54) is 25.0 Å². The lowest BCUT2D eigenvalue weighted by atomic mass is 10.1. The lowest BCUT2D eigenvalue weighted by Gasteiger charge is -2.20. The molecule has 18 heavy (non-hydrogen) atoms. The Morgan fingerprint density at radius 2 is 2.17 bits per heavy atom. The van der Waals surface area contributed by atoms with Crippen molar-refractivity contribution in [2.75, 3.05) is 5.75 Å². The number of thioether (sulfide) groups is 1. The fraction of sp³-hybridized carbons (Fsp3) is 0.714. The van der Waals surface area contributed by atoms with Crippen LogP contribution in [0.25, 0.3) is 0 Å². The first-order chi connectivity index (χ1) is 8.70. The Balaban J connectivity index is 1.89. The van der Waals surface area contributed by atoms with Gasteiger partial charge in [-0.3, -0.25) is 9.97 Å². The van der Waals surface area contributed by atoms with Gasteiger partial charge < -0.3 is 5.32 Å². The van der Waals surface area contributed by atoms with Gasteiger partial charge in [0.2, 0.25) is 0 Å². The largest absolute Gasteiger partial charge is 0.306 e. The van der Waals surface area contributed by atoms with Crippen LogP contribution in [0, 0.1) is 6.92 Å². The molecule has 1 aromatic rings. The van der Waals surface area contributed by atoms with Crippen LogP contribution in [0.2, 0.25) is 0 Å². The average molecular weight is 265 g/mol. The van der Waals surface area contributed by atoms with Crippen molar-refractivity contribution >= 4 is 11.8 Å². The zero-order valence-corrected chi connectivity index (χ0v) is 12.3. The third-order valence-electron chi connectivity index (χ3n) is 3.60. The van der Waals surface area contributed by atoms with E-state index in [4.69, 9.17) is 0 Å². The van der Waals surface area contributed by atoms with Gasteiger partial charge >= 0.3 is 0 Å². The van der Waals surface area contributed by atoms with Gasteiger partial charge in [0.25, 0.3) is 0 Å². The minimum atomic E-state index is 0.300. The second-order valence-electron chi connectivity index (χ2n) is 5.00. The summed E-state index contributed by atoms with van der Waals surface area (Å²) in [7, 11) is 0. The number of rotatable bonds is 5. The molecule has 0 aliphatic heterocycles. The van der Waals surface area contributed by atoms with Gasteiger partial charge in [-0.15, -0.1) is 0 Å². The smallest absolute Gasteiger partial charge is 0.0782 e. The van der Waals surface area contributed by atoms with Crippen LogP contribution in [0.4, 0.5) is 0 Å². The zero-order valence-electron chi connectivity index (χ0n) is 11.5. The van der Waals surface area contributed by atoms with E-state index in [1.54, 1.807) is 12.4 Å². The van der Waals surface area contributed by atoms with Gasteiger partial charge in [0.15, 0.2) is 0 Å². The van der Waals surface area contributed by atoms with Crippen molar-refractivity contribution in [2.45, 2.75) is 57.4 Å². The van der Waals surface area contributed by atoms with Crippen LogP contribution in [0.1, 0.15) is 50.5 Å². The molecule has 0 spiro atoms. The summed E-state index contributed by atoms with van der Waals surface area (Å²) >= 11 is 2.10. The SMILES string of the molecule is CCSC1CCC(NC(C)c2nccnc2C)C1. The highest BCUT2D eigenvalue weighted by Gasteiger charge is 2.26. The van der Waals surface area contributed by atoms with E-state index < -0.39 is 0 Å². The Morgan fingerprint density at radius 3 is 2.89 bits per heavy atom. The summed E-state index contributed by atoms with van der Waals surface area (Å²) in [5.41, 5.74) is 2.12. The normalized spacial score (nSPS) is 25.3. The molecule has 1 fully saturated rings.